The second-order valence-corrected chi connectivity index (χ2v) is 11.9. The zero-order valence-corrected chi connectivity index (χ0v) is 25.6. The van der Waals surface area contributed by atoms with E-state index in [4.69, 9.17) is 0 Å². The van der Waals surface area contributed by atoms with Crippen LogP contribution in [-0.4, -0.2) is 4.98 Å². The molecule has 0 amide bonds. The van der Waals surface area contributed by atoms with Gasteiger partial charge in [0.25, 0.3) is 0 Å². The number of rotatable bonds is 6. The first kappa shape index (κ1) is 32.5. The third-order valence-corrected chi connectivity index (χ3v) is 6.65. The monoisotopic (exact) mass is 505 g/mol. The Kier molecular flexibility index (Phi) is 13.8. The highest BCUT2D eigenvalue weighted by atomic mass is 19.1. The SMILES string of the molecule is CC(C)c1ccc(C(C)C)c(F)c1.CC(C)c1ccc(C(C)C)cc1.CC(C)c1ccc(C(C)C)nc1. The van der Waals surface area contributed by atoms with Crippen LogP contribution in [0.15, 0.2) is 60.8 Å². The highest BCUT2D eigenvalue weighted by molar-refractivity contribution is 5.28. The lowest BCUT2D eigenvalue weighted by atomic mass is 9.97. The van der Waals surface area contributed by atoms with E-state index in [-0.39, 0.29) is 11.7 Å². The van der Waals surface area contributed by atoms with Gasteiger partial charge in [-0.2, -0.15) is 0 Å². The van der Waals surface area contributed by atoms with E-state index in [9.17, 15) is 4.39 Å². The second-order valence-electron chi connectivity index (χ2n) is 11.9. The van der Waals surface area contributed by atoms with Gasteiger partial charge in [-0.25, -0.2) is 4.39 Å². The van der Waals surface area contributed by atoms with Gasteiger partial charge in [0.2, 0.25) is 0 Å². The van der Waals surface area contributed by atoms with Crippen molar-refractivity contribution in [2.45, 2.75) is 119 Å². The van der Waals surface area contributed by atoms with E-state index in [0.717, 1.165) is 11.1 Å². The molecule has 3 rings (SSSR count). The van der Waals surface area contributed by atoms with Crippen LogP contribution in [0.2, 0.25) is 0 Å². The Morgan fingerprint density at radius 1 is 0.459 bits per heavy atom. The standard InChI is InChI=1S/C12H17F.C12H18.C11H17N/c1-8(2)10-5-6-11(9(3)4)12(13)7-10;1-9(2)11-5-7-12(8-6-11)10(3)4;1-8(2)10-5-6-11(9(3)4)12-7-10/h5-9H,1-4H3;5-10H,1-4H3;5-9H,1-4H3. The molecule has 204 valence electrons. The number of pyridine rings is 1. The second kappa shape index (κ2) is 15.7. The summed E-state index contributed by atoms with van der Waals surface area (Å²) in [4.78, 5) is 4.40. The maximum Gasteiger partial charge on any atom is 0.126 e. The van der Waals surface area contributed by atoms with Crippen molar-refractivity contribution in [3.8, 4) is 0 Å². The van der Waals surface area contributed by atoms with E-state index in [2.05, 4.69) is 111 Å². The van der Waals surface area contributed by atoms with Gasteiger partial charge in [-0.15, -0.1) is 0 Å². The van der Waals surface area contributed by atoms with Crippen molar-refractivity contribution < 1.29 is 4.39 Å². The molecule has 1 aromatic heterocycles. The Morgan fingerprint density at radius 3 is 1.16 bits per heavy atom. The Morgan fingerprint density at radius 2 is 0.865 bits per heavy atom. The molecule has 0 aliphatic rings. The van der Waals surface area contributed by atoms with Gasteiger partial charge in [0, 0.05) is 11.9 Å². The van der Waals surface area contributed by atoms with Gasteiger partial charge in [0.1, 0.15) is 5.82 Å². The molecular formula is C35H52FN. The minimum Gasteiger partial charge on any atom is -0.261 e. The summed E-state index contributed by atoms with van der Waals surface area (Å²) in [5, 5.41) is 0. The predicted molar refractivity (Wildman–Crippen MR) is 162 cm³/mol. The summed E-state index contributed by atoms with van der Waals surface area (Å²) in [6.45, 7) is 25.8. The first-order valence-corrected chi connectivity index (χ1v) is 14.1. The van der Waals surface area contributed by atoms with Crippen LogP contribution in [0.4, 0.5) is 4.39 Å². The van der Waals surface area contributed by atoms with E-state index in [1.54, 1.807) is 6.07 Å². The lowest BCUT2D eigenvalue weighted by Gasteiger charge is -2.10. The topological polar surface area (TPSA) is 12.9 Å². The molecule has 0 radical (unpaired) electrons. The molecule has 0 aliphatic carbocycles. The minimum atomic E-state index is -0.0683. The average Bonchev–Trinajstić information content (AvgIpc) is 2.84. The molecule has 0 unspecified atom stereocenters. The van der Waals surface area contributed by atoms with E-state index in [0.29, 0.717) is 29.6 Å². The van der Waals surface area contributed by atoms with Crippen molar-refractivity contribution in [1.82, 2.24) is 4.98 Å². The number of hydrogen-bond acceptors (Lipinski definition) is 1. The maximum absolute atomic E-state index is 13.5. The van der Waals surface area contributed by atoms with Gasteiger partial charge >= 0.3 is 0 Å². The van der Waals surface area contributed by atoms with Crippen LogP contribution < -0.4 is 0 Å². The zero-order chi connectivity index (χ0) is 28.3. The van der Waals surface area contributed by atoms with Crippen molar-refractivity contribution in [1.29, 1.82) is 0 Å². The third-order valence-electron chi connectivity index (χ3n) is 6.65. The van der Waals surface area contributed by atoms with Crippen molar-refractivity contribution in [2.75, 3.05) is 0 Å². The van der Waals surface area contributed by atoms with Gasteiger partial charge in [-0.3, -0.25) is 4.98 Å². The smallest absolute Gasteiger partial charge is 0.126 e. The lowest BCUT2D eigenvalue weighted by Crippen LogP contribution is -1.96. The van der Waals surface area contributed by atoms with Gasteiger partial charge in [0.15, 0.2) is 0 Å². The van der Waals surface area contributed by atoms with Crippen LogP contribution in [0.5, 0.6) is 0 Å². The first-order valence-electron chi connectivity index (χ1n) is 14.1. The van der Waals surface area contributed by atoms with Gasteiger partial charge < -0.3 is 0 Å². The zero-order valence-electron chi connectivity index (χ0n) is 25.6. The Bertz CT molecular complexity index is 916. The normalized spacial score (nSPS) is 11.2. The van der Waals surface area contributed by atoms with E-state index >= 15 is 0 Å². The third kappa shape index (κ3) is 11.2. The van der Waals surface area contributed by atoms with Gasteiger partial charge in [-0.1, -0.05) is 126 Å². The molecule has 37 heavy (non-hydrogen) atoms. The highest BCUT2D eigenvalue weighted by Crippen LogP contribution is 2.23. The Labute approximate surface area is 228 Å². The number of hydrogen-bond donors (Lipinski definition) is 0. The van der Waals surface area contributed by atoms with E-state index in [1.165, 1.54) is 22.4 Å². The molecule has 0 saturated carbocycles. The number of nitrogens with zero attached hydrogens (tertiary/aromatic N) is 1. The Balaban J connectivity index is 0.000000278. The molecule has 0 aliphatic heterocycles. The predicted octanol–water partition coefficient (Wildman–Crippen LogP) is 11.3. The van der Waals surface area contributed by atoms with Crippen LogP contribution in [-0.2, 0) is 0 Å². The van der Waals surface area contributed by atoms with Crippen molar-refractivity contribution >= 4 is 0 Å². The maximum atomic E-state index is 13.5. The summed E-state index contributed by atoms with van der Waals surface area (Å²) in [6, 6.07) is 18.8. The number of aromatic nitrogens is 1. The summed E-state index contributed by atoms with van der Waals surface area (Å²) in [5.41, 5.74) is 7.24. The molecule has 1 nitrogen and oxygen atoms in total. The van der Waals surface area contributed by atoms with Crippen molar-refractivity contribution in [3.05, 3.63) is 100 Å². The summed E-state index contributed by atoms with van der Waals surface area (Å²) in [5.74, 6) is 3.00. The molecular weight excluding hydrogens is 453 g/mol. The molecule has 0 fully saturated rings. The summed E-state index contributed by atoms with van der Waals surface area (Å²) in [6.07, 6.45) is 1.99. The summed E-state index contributed by atoms with van der Waals surface area (Å²) < 4.78 is 13.5. The number of halogens is 1. The van der Waals surface area contributed by atoms with Gasteiger partial charge in [-0.05, 0) is 75.5 Å². The van der Waals surface area contributed by atoms with Crippen LogP contribution >= 0.6 is 0 Å². The Hall–Kier alpha value is -2.48. The quantitative estimate of drug-likeness (QED) is 0.324. The van der Waals surface area contributed by atoms with Crippen LogP contribution in [0.3, 0.4) is 0 Å². The largest absolute Gasteiger partial charge is 0.261 e. The van der Waals surface area contributed by atoms with E-state index < -0.39 is 0 Å². The first-order chi connectivity index (χ1) is 17.2. The highest BCUT2D eigenvalue weighted by Gasteiger charge is 2.08. The molecule has 3 aromatic rings. The van der Waals surface area contributed by atoms with Crippen LogP contribution in [0.25, 0.3) is 0 Å². The molecule has 0 N–H and O–H groups in total. The average molecular weight is 506 g/mol. The minimum absolute atomic E-state index is 0.0683. The molecule has 2 heteroatoms. The molecule has 0 atom stereocenters. The molecule has 2 aromatic carbocycles. The molecule has 0 bridgehead atoms. The van der Waals surface area contributed by atoms with E-state index in [1.807, 2.05) is 32.2 Å². The molecule has 1 heterocycles. The fraction of sp³-hybridized carbons (Fsp3) is 0.514. The van der Waals surface area contributed by atoms with Gasteiger partial charge in [0.05, 0.1) is 0 Å². The van der Waals surface area contributed by atoms with Crippen LogP contribution in [0, 0.1) is 5.82 Å². The fourth-order valence-corrected chi connectivity index (χ4v) is 3.74. The van der Waals surface area contributed by atoms with Crippen LogP contribution in [0.1, 0.15) is 152 Å². The number of benzene rings is 2. The van der Waals surface area contributed by atoms with Crippen molar-refractivity contribution in [3.63, 3.8) is 0 Å². The molecule has 0 spiro atoms. The van der Waals surface area contributed by atoms with Crippen molar-refractivity contribution in [2.24, 2.45) is 0 Å². The lowest BCUT2D eigenvalue weighted by molar-refractivity contribution is 0.594. The summed E-state index contributed by atoms with van der Waals surface area (Å²) in [7, 11) is 0. The summed E-state index contributed by atoms with van der Waals surface area (Å²) >= 11 is 0. The molecule has 0 saturated heterocycles. The fourth-order valence-electron chi connectivity index (χ4n) is 3.74.